The minimum absolute atomic E-state index is 0.0463. The number of piperidine rings is 1. The molecule has 0 radical (unpaired) electrons. The lowest BCUT2D eigenvalue weighted by Gasteiger charge is -2.37. The van der Waals surface area contributed by atoms with Gasteiger partial charge in [-0.15, -0.1) is 0 Å². The van der Waals surface area contributed by atoms with E-state index in [1.807, 2.05) is 18.2 Å². The van der Waals surface area contributed by atoms with Gasteiger partial charge in [0.05, 0.1) is 0 Å². The Kier molecular flexibility index (Phi) is 7.29. The van der Waals surface area contributed by atoms with Gasteiger partial charge in [0.25, 0.3) is 5.91 Å². The minimum atomic E-state index is -0.0463. The highest BCUT2D eigenvalue weighted by Gasteiger charge is 2.23. The zero-order valence-corrected chi connectivity index (χ0v) is 16.0. The Morgan fingerprint density at radius 2 is 2.00 bits per heavy atom. The summed E-state index contributed by atoms with van der Waals surface area (Å²) in [6.45, 7) is 10.5. The van der Waals surface area contributed by atoms with Crippen molar-refractivity contribution in [2.24, 2.45) is 16.8 Å². The summed E-state index contributed by atoms with van der Waals surface area (Å²) in [7, 11) is 1.66. The fraction of sp³-hybridized carbons (Fsp3) is 0.600. The van der Waals surface area contributed by atoms with Crippen LogP contribution in [0.25, 0.3) is 0 Å². The summed E-state index contributed by atoms with van der Waals surface area (Å²) in [6.07, 6.45) is 2.13. The molecular formula is C20H32N4O. The Balaban J connectivity index is 2.00. The van der Waals surface area contributed by atoms with E-state index in [-0.39, 0.29) is 5.91 Å². The van der Waals surface area contributed by atoms with E-state index in [9.17, 15) is 4.79 Å². The van der Waals surface area contributed by atoms with Crippen molar-refractivity contribution >= 4 is 11.9 Å². The third-order valence-corrected chi connectivity index (χ3v) is 4.58. The number of nitrogens with zero attached hydrogens (tertiary/aromatic N) is 2. The van der Waals surface area contributed by atoms with Crippen molar-refractivity contribution in [2.45, 2.75) is 33.6 Å². The first-order valence-electron chi connectivity index (χ1n) is 9.37. The molecule has 2 atom stereocenters. The fourth-order valence-corrected chi connectivity index (χ4v) is 3.57. The number of amides is 1. The Morgan fingerprint density at radius 3 is 2.64 bits per heavy atom. The van der Waals surface area contributed by atoms with Crippen LogP contribution < -0.4 is 10.6 Å². The van der Waals surface area contributed by atoms with E-state index >= 15 is 0 Å². The maximum absolute atomic E-state index is 11.7. The van der Waals surface area contributed by atoms with Gasteiger partial charge in [-0.25, -0.2) is 0 Å². The summed E-state index contributed by atoms with van der Waals surface area (Å²) >= 11 is 0. The van der Waals surface area contributed by atoms with E-state index in [0.717, 1.165) is 44.1 Å². The van der Waals surface area contributed by atoms with Gasteiger partial charge < -0.3 is 15.5 Å². The molecule has 1 aromatic rings. The van der Waals surface area contributed by atoms with Crippen molar-refractivity contribution in [1.82, 2.24) is 15.5 Å². The number of carbonyl (C=O) groups excluding carboxylic acids is 1. The number of likely N-dealkylation sites (tertiary alicyclic amines) is 1. The zero-order valence-electron chi connectivity index (χ0n) is 16.0. The van der Waals surface area contributed by atoms with Gasteiger partial charge in [0.2, 0.25) is 0 Å². The van der Waals surface area contributed by atoms with E-state index < -0.39 is 0 Å². The van der Waals surface area contributed by atoms with Crippen molar-refractivity contribution < 1.29 is 4.79 Å². The number of benzene rings is 1. The van der Waals surface area contributed by atoms with Crippen molar-refractivity contribution in [3.63, 3.8) is 0 Å². The fourth-order valence-electron chi connectivity index (χ4n) is 3.57. The second-order valence-electron chi connectivity index (χ2n) is 7.12. The summed E-state index contributed by atoms with van der Waals surface area (Å²) in [6, 6.07) is 7.78. The van der Waals surface area contributed by atoms with Crippen LogP contribution in [0.5, 0.6) is 0 Å². The molecule has 1 aliphatic heterocycles. The molecule has 138 valence electrons. The summed E-state index contributed by atoms with van der Waals surface area (Å²) < 4.78 is 0. The maximum Gasteiger partial charge on any atom is 0.251 e. The second kappa shape index (κ2) is 9.44. The van der Waals surface area contributed by atoms with Crippen LogP contribution in [0.4, 0.5) is 0 Å². The normalized spacial score (nSPS) is 21.1. The number of hydrogen-bond acceptors (Lipinski definition) is 2. The van der Waals surface area contributed by atoms with Gasteiger partial charge in [0.1, 0.15) is 0 Å². The largest absolute Gasteiger partial charge is 0.357 e. The molecule has 0 saturated carbocycles. The van der Waals surface area contributed by atoms with Crippen molar-refractivity contribution in [2.75, 3.05) is 33.2 Å². The molecule has 25 heavy (non-hydrogen) atoms. The Bertz CT molecular complexity index is 589. The third-order valence-electron chi connectivity index (χ3n) is 4.58. The predicted octanol–water partition coefficient (Wildman–Crippen LogP) is 2.53. The van der Waals surface area contributed by atoms with Gasteiger partial charge >= 0.3 is 0 Å². The molecule has 0 aliphatic carbocycles. The molecule has 0 aromatic heterocycles. The van der Waals surface area contributed by atoms with E-state index in [0.29, 0.717) is 17.4 Å². The number of carbonyl (C=O) groups is 1. The highest BCUT2D eigenvalue weighted by atomic mass is 16.1. The first-order valence-corrected chi connectivity index (χ1v) is 9.37. The molecule has 1 fully saturated rings. The van der Waals surface area contributed by atoms with Crippen molar-refractivity contribution in [1.29, 1.82) is 0 Å². The lowest BCUT2D eigenvalue weighted by molar-refractivity contribution is 0.0963. The number of nitrogens with one attached hydrogen (secondary N) is 2. The van der Waals surface area contributed by atoms with Crippen LogP contribution in [0.3, 0.4) is 0 Å². The van der Waals surface area contributed by atoms with Crippen molar-refractivity contribution in [3.05, 3.63) is 35.4 Å². The van der Waals surface area contributed by atoms with E-state index in [1.54, 1.807) is 7.05 Å². The Hall–Kier alpha value is -2.04. The molecule has 1 aliphatic rings. The monoisotopic (exact) mass is 344 g/mol. The molecule has 1 heterocycles. The average Bonchev–Trinajstić information content (AvgIpc) is 2.59. The van der Waals surface area contributed by atoms with Crippen LogP contribution in [-0.2, 0) is 6.42 Å². The lowest BCUT2D eigenvalue weighted by atomic mass is 9.92. The van der Waals surface area contributed by atoms with Crippen molar-refractivity contribution in [3.8, 4) is 0 Å². The van der Waals surface area contributed by atoms with Crippen LogP contribution in [0.1, 0.15) is 43.1 Å². The molecule has 0 spiro atoms. The highest BCUT2D eigenvalue weighted by molar-refractivity contribution is 5.94. The van der Waals surface area contributed by atoms with Crippen LogP contribution in [-0.4, -0.2) is 50.0 Å². The summed E-state index contributed by atoms with van der Waals surface area (Å²) in [5.41, 5.74) is 1.84. The molecule has 2 rings (SSSR count). The lowest BCUT2D eigenvalue weighted by Crippen LogP contribution is -2.48. The Labute approximate surface area is 151 Å². The number of guanidine groups is 1. The van der Waals surface area contributed by atoms with Gasteiger partial charge in [-0.05, 0) is 49.3 Å². The molecule has 0 bridgehead atoms. The van der Waals surface area contributed by atoms with Gasteiger partial charge in [-0.3, -0.25) is 9.79 Å². The first kappa shape index (κ1) is 19.3. The summed E-state index contributed by atoms with van der Waals surface area (Å²) in [4.78, 5) is 19.0. The summed E-state index contributed by atoms with van der Waals surface area (Å²) in [5, 5.41) is 6.10. The number of aliphatic imine (C=N–C) groups is 1. The van der Waals surface area contributed by atoms with Gasteiger partial charge in [0.15, 0.2) is 5.96 Å². The van der Waals surface area contributed by atoms with E-state index in [2.05, 4.69) is 42.4 Å². The molecule has 5 heteroatoms. The predicted molar refractivity (Wildman–Crippen MR) is 104 cm³/mol. The molecule has 1 amide bonds. The average molecular weight is 345 g/mol. The van der Waals surface area contributed by atoms with E-state index in [4.69, 9.17) is 4.99 Å². The quantitative estimate of drug-likeness (QED) is 0.637. The standard InChI is InChI=1S/C20H32N4O/c1-5-22-20(24-13-15(2)11-16(3)14-24)23-10-9-17-7-6-8-18(12-17)19(25)21-4/h6-8,12,15-16H,5,9-11,13-14H2,1-4H3,(H,21,25)(H,22,23). The van der Waals surface area contributed by atoms with Crippen LogP contribution in [0, 0.1) is 11.8 Å². The molecule has 2 unspecified atom stereocenters. The maximum atomic E-state index is 11.7. The third kappa shape index (κ3) is 5.76. The van der Waals surface area contributed by atoms with Gasteiger partial charge in [-0.1, -0.05) is 26.0 Å². The van der Waals surface area contributed by atoms with E-state index in [1.165, 1.54) is 6.42 Å². The van der Waals surface area contributed by atoms with Gasteiger partial charge in [-0.2, -0.15) is 0 Å². The minimum Gasteiger partial charge on any atom is -0.357 e. The van der Waals surface area contributed by atoms with Crippen LogP contribution in [0.2, 0.25) is 0 Å². The second-order valence-corrected chi connectivity index (χ2v) is 7.12. The first-order chi connectivity index (χ1) is 12.0. The molecule has 1 aromatic carbocycles. The van der Waals surface area contributed by atoms with Crippen LogP contribution in [0.15, 0.2) is 29.3 Å². The van der Waals surface area contributed by atoms with Gasteiger partial charge in [0, 0.05) is 38.8 Å². The van der Waals surface area contributed by atoms with Crippen LogP contribution >= 0.6 is 0 Å². The molecule has 1 saturated heterocycles. The smallest absolute Gasteiger partial charge is 0.251 e. The molecule has 5 nitrogen and oxygen atoms in total. The number of rotatable bonds is 5. The molecular weight excluding hydrogens is 312 g/mol. The summed E-state index contributed by atoms with van der Waals surface area (Å²) in [5.74, 6) is 2.38. The SMILES string of the molecule is CCNC(=NCCc1cccc(C(=O)NC)c1)N1CC(C)CC(C)C1. The zero-order chi connectivity index (χ0) is 18.2. The number of hydrogen-bond donors (Lipinski definition) is 2. The highest BCUT2D eigenvalue weighted by Crippen LogP contribution is 2.20. The molecule has 2 N–H and O–H groups in total. The topological polar surface area (TPSA) is 56.7 Å². The Morgan fingerprint density at radius 1 is 1.28 bits per heavy atom.